The van der Waals surface area contributed by atoms with Crippen LogP contribution in [0.1, 0.15) is 25.7 Å². The Morgan fingerprint density at radius 1 is 1.36 bits per heavy atom. The fraction of sp³-hybridized carbons (Fsp3) is 0.467. The Morgan fingerprint density at radius 3 is 2.64 bits per heavy atom. The zero-order valence-corrected chi connectivity index (χ0v) is 11.9. The zero-order chi connectivity index (χ0) is 16.2. The third-order valence-corrected chi connectivity index (χ3v) is 3.66. The summed E-state index contributed by atoms with van der Waals surface area (Å²) in [5, 5.41) is 2.64. The number of nitrogens with one attached hydrogen (secondary N) is 1. The van der Waals surface area contributed by atoms with Gasteiger partial charge in [-0.25, -0.2) is 13.2 Å². The van der Waals surface area contributed by atoms with Gasteiger partial charge in [0.25, 0.3) is 0 Å². The number of nitrogens with zero attached hydrogens (tertiary/aromatic N) is 1. The highest BCUT2D eigenvalue weighted by Gasteiger charge is 2.35. The van der Waals surface area contributed by atoms with E-state index in [1.165, 1.54) is 18.2 Å². The molecular formula is C15H17F3N2O2. The van der Waals surface area contributed by atoms with Gasteiger partial charge in [0, 0.05) is 24.6 Å². The number of benzene rings is 1. The van der Waals surface area contributed by atoms with Crippen molar-refractivity contribution in [2.24, 2.45) is 0 Å². The van der Waals surface area contributed by atoms with Crippen LogP contribution in [0.4, 0.5) is 18.9 Å². The van der Waals surface area contributed by atoms with Crippen molar-refractivity contribution in [1.82, 2.24) is 5.32 Å². The van der Waals surface area contributed by atoms with Crippen LogP contribution in [0.2, 0.25) is 0 Å². The molecular weight excluding hydrogens is 297 g/mol. The maximum absolute atomic E-state index is 13.1. The molecule has 1 saturated carbocycles. The lowest BCUT2D eigenvalue weighted by molar-refractivity contribution is -0.122. The van der Waals surface area contributed by atoms with E-state index in [0.717, 1.165) is 11.0 Å². The van der Waals surface area contributed by atoms with Crippen LogP contribution < -0.4 is 10.2 Å². The normalized spacial score (nSPS) is 17.8. The molecule has 0 radical (unpaired) electrons. The van der Waals surface area contributed by atoms with Crippen LogP contribution in [0.25, 0.3) is 0 Å². The molecule has 1 fully saturated rings. The smallest absolute Gasteiger partial charge is 0.248 e. The Morgan fingerprint density at radius 2 is 2.05 bits per heavy atom. The van der Waals surface area contributed by atoms with Crippen LogP contribution >= 0.6 is 0 Å². The molecule has 0 unspecified atom stereocenters. The van der Waals surface area contributed by atoms with Gasteiger partial charge < -0.3 is 10.2 Å². The molecule has 0 spiro atoms. The first-order valence-corrected chi connectivity index (χ1v) is 7.04. The summed E-state index contributed by atoms with van der Waals surface area (Å²) in [4.78, 5) is 24.0. The molecule has 7 heteroatoms. The van der Waals surface area contributed by atoms with E-state index in [1.807, 2.05) is 0 Å². The predicted octanol–water partition coefficient (Wildman–Crippen LogP) is 2.48. The highest BCUT2D eigenvalue weighted by atomic mass is 19.3. The van der Waals surface area contributed by atoms with Crippen LogP contribution in [0.5, 0.6) is 0 Å². The molecule has 22 heavy (non-hydrogen) atoms. The van der Waals surface area contributed by atoms with Crippen LogP contribution in [-0.4, -0.2) is 30.8 Å². The van der Waals surface area contributed by atoms with Gasteiger partial charge in [0.1, 0.15) is 12.4 Å². The van der Waals surface area contributed by atoms with Crippen molar-refractivity contribution >= 4 is 18.0 Å². The second kappa shape index (κ2) is 6.81. The minimum absolute atomic E-state index is 0.208. The average Bonchev–Trinajstić information content (AvgIpc) is 2.47. The van der Waals surface area contributed by atoms with Gasteiger partial charge in [0.15, 0.2) is 0 Å². The summed E-state index contributed by atoms with van der Waals surface area (Å²) in [5.41, 5.74) is 0.264. The van der Waals surface area contributed by atoms with E-state index in [-0.39, 0.29) is 44.0 Å². The van der Waals surface area contributed by atoms with Crippen molar-refractivity contribution in [3.8, 4) is 0 Å². The second-order valence-corrected chi connectivity index (χ2v) is 5.41. The van der Waals surface area contributed by atoms with Crippen molar-refractivity contribution in [3.05, 3.63) is 30.1 Å². The lowest BCUT2D eigenvalue weighted by Gasteiger charge is -2.29. The SMILES string of the molecule is O=CN(CC(=O)NC1CCC(F)(F)CC1)c1cccc(F)c1. The molecule has 2 rings (SSSR count). The summed E-state index contributed by atoms with van der Waals surface area (Å²) < 4.78 is 39.2. The monoisotopic (exact) mass is 314 g/mol. The fourth-order valence-electron chi connectivity index (χ4n) is 2.46. The lowest BCUT2D eigenvalue weighted by atomic mass is 9.92. The molecule has 1 aromatic rings. The fourth-order valence-corrected chi connectivity index (χ4v) is 2.46. The van der Waals surface area contributed by atoms with Crippen LogP contribution in [0, 0.1) is 5.82 Å². The summed E-state index contributed by atoms with van der Waals surface area (Å²) in [6, 6.07) is 5.00. The molecule has 0 saturated heterocycles. The van der Waals surface area contributed by atoms with Crippen molar-refractivity contribution in [1.29, 1.82) is 0 Å². The standard InChI is InChI=1S/C15H17F3N2O2/c16-11-2-1-3-13(8-11)20(10-21)9-14(22)19-12-4-6-15(17,18)7-5-12/h1-3,8,10,12H,4-7,9H2,(H,19,22). The van der Waals surface area contributed by atoms with E-state index in [2.05, 4.69) is 5.32 Å². The van der Waals surface area contributed by atoms with Crippen molar-refractivity contribution in [3.63, 3.8) is 0 Å². The average molecular weight is 314 g/mol. The highest BCUT2D eigenvalue weighted by molar-refractivity contribution is 5.88. The molecule has 2 amide bonds. The summed E-state index contributed by atoms with van der Waals surface area (Å²) in [7, 11) is 0. The van der Waals surface area contributed by atoms with E-state index >= 15 is 0 Å². The van der Waals surface area contributed by atoms with Crippen LogP contribution in [0.3, 0.4) is 0 Å². The van der Waals surface area contributed by atoms with Gasteiger partial charge in [-0.2, -0.15) is 0 Å². The number of alkyl halides is 2. The first-order chi connectivity index (χ1) is 10.4. The minimum Gasteiger partial charge on any atom is -0.352 e. The molecule has 0 bridgehead atoms. The molecule has 0 aromatic heterocycles. The maximum atomic E-state index is 13.1. The van der Waals surface area contributed by atoms with E-state index in [0.29, 0.717) is 6.41 Å². The van der Waals surface area contributed by atoms with Crippen LogP contribution in [-0.2, 0) is 9.59 Å². The van der Waals surface area contributed by atoms with E-state index in [1.54, 1.807) is 0 Å². The topological polar surface area (TPSA) is 49.4 Å². The van der Waals surface area contributed by atoms with Crippen molar-refractivity contribution in [2.45, 2.75) is 37.6 Å². The summed E-state index contributed by atoms with van der Waals surface area (Å²) >= 11 is 0. The Labute approximate surface area is 126 Å². The minimum atomic E-state index is -2.66. The molecule has 4 nitrogen and oxygen atoms in total. The van der Waals surface area contributed by atoms with Gasteiger partial charge >= 0.3 is 0 Å². The quantitative estimate of drug-likeness (QED) is 0.849. The first-order valence-electron chi connectivity index (χ1n) is 7.04. The molecule has 0 atom stereocenters. The highest BCUT2D eigenvalue weighted by Crippen LogP contribution is 2.32. The van der Waals surface area contributed by atoms with Gasteiger partial charge in [-0.3, -0.25) is 9.59 Å². The summed E-state index contributed by atoms with van der Waals surface area (Å²) in [6.45, 7) is -0.278. The zero-order valence-electron chi connectivity index (χ0n) is 11.9. The Balaban J connectivity index is 1.89. The van der Waals surface area contributed by atoms with Gasteiger partial charge in [-0.1, -0.05) is 6.07 Å². The number of carbonyl (C=O) groups excluding carboxylic acids is 2. The molecule has 1 N–H and O–H groups in total. The number of halogens is 3. The number of rotatable bonds is 5. The first kappa shape index (κ1) is 16.3. The van der Waals surface area contributed by atoms with E-state index in [9.17, 15) is 22.8 Å². The third kappa shape index (κ3) is 4.47. The van der Waals surface area contributed by atoms with E-state index < -0.39 is 17.6 Å². The van der Waals surface area contributed by atoms with Gasteiger partial charge in [0.05, 0.1) is 0 Å². The predicted molar refractivity (Wildman–Crippen MR) is 75.2 cm³/mol. The van der Waals surface area contributed by atoms with Crippen LogP contribution in [0.15, 0.2) is 24.3 Å². The Bertz CT molecular complexity index is 541. The van der Waals surface area contributed by atoms with Gasteiger partial charge in [-0.15, -0.1) is 0 Å². The summed E-state index contributed by atoms with van der Waals surface area (Å²) in [6.07, 6.45) is 0.349. The second-order valence-electron chi connectivity index (χ2n) is 5.41. The van der Waals surface area contributed by atoms with E-state index in [4.69, 9.17) is 0 Å². The van der Waals surface area contributed by atoms with Crippen molar-refractivity contribution < 1.29 is 22.8 Å². The molecule has 120 valence electrons. The Hall–Kier alpha value is -2.05. The van der Waals surface area contributed by atoms with Gasteiger partial charge in [0.2, 0.25) is 18.2 Å². The third-order valence-electron chi connectivity index (χ3n) is 3.66. The lowest BCUT2D eigenvalue weighted by Crippen LogP contribution is -2.44. The number of anilines is 1. The Kier molecular flexibility index (Phi) is 5.05. The molecule has 1 aliphatic carbocycles. The maximum Gasteiger partial charge on any atom is 0.248 e. The number of hydrogen-bond acceptors (Lipinski definition) is 2. The van der Waals surface area contributed by atoms with Crippen molar-refractivity contribution in [2.75, 3.05) is 11.4 Å². The molecule has 1 aliphatic rings. The number of carbonyl (C=O) groups is 2. The molecule has 1 aromatic carbocycles. The van der Waals surface area contributed by atoms with Gasteiger partial charge in [-0.05, 0) is 31.0 Å². The molecule has 0 heterocycles. The number of hydrogen-bond donors (Lipinski definition) is 1. The summed E-state index contributed by atoms with van der Waals surface area (Å²) in [5.74, 6) is -3.62. The number of amides is 2. The largest absolute Gasteiger partial charge is 0.352 e. The molecule has 0 aliphatic heterocycles.